The van der Waals surface area contributed by atoms with Gasteiger partial charge in [-0.05, 0) is 49.7 Å². The Morgan fingerprint density at radius 2 is 1.85 bits per heavy atom. The molecule has 0 radical (unpaired) electrons. The number of ether oxygens (including phenoxy) is 1. The van der Waals surface area contributed by atoms with Crippen LogP contribution in [0.25, 0.3) is 0 Å². The van der Waals surface area contributed by atoms with Gasteiger partial charge in [0.1, 0.15) is 11.4 Å². The molecule has 0 fully saturated rings. The van der Waals surface area contributed by atoms with Gasteiger partial charge in [0.2, 0.25) is 5.91 Å². The van der Waals surface area contributed by atoms with Crippen LogP contribution in [0.1, 0.15) is 29.8 Å². The van der Waals surface area contributed by atoms with Crippen LogP contribution in [0.4, 0.5) is 17.1 Å². The molecule has 1 aliphatic heterocycles. The summed E-state index contributed by atoms with van der Waals surface area (Å²) in [5.41, 5.74) is 0.380. The Morgan fingerprint density at radius 1 is 1.22 bits per heavy atom. The number of fused-ring (bicyclic) bond motifs is 1. The SMILES string of the molecule is COc1ccc(C(=O)Nc2cc3c(cc2[N+](=O)[O-])N(C)C(=O)C3(C)C)cc1. The standard InChI is InChI=1S/C19H19N3O5/c1-19(2)13-9-14(16(22(25)26)10-15(13)21(3)18(19)24)20-17(23)11-5-7-12(27-4)8-6-11/h5-10H,1-4H3,(H,20,23). The Balaban J connectivity index is 2.02. The summed E-state index contributed by atoms with van der Waals surface area (Å²) in [6.07, 6.45) is 0. The normalized spacial score (nSPS) is 14.7. The summed E-state index contributed by atoms with van der Waals surface area (Å²) in [7, 11) is 3.10. The highest BCUT2D eigenvalue weighted by Crippen LogP contribution is 2.45. The van der Waals surface area contributed by atoms with Crippen molar-refractivity contribution in [1.29, 1.82) is 0 Å². The van der Waals surface area contributed by atoms with Gasteiger partial charge in [-0.15, -0.1) is 0 Å². The first kappa shape index (κ1) is 18.4. The molecular formula is C19H19N3O5. The third kappa shape index (κ3) is 2.99. The fraction of sp³-hybridized carbons (Fsp3) is 0.263. The Kier molecular flexibility index (Phi) is 4.35. The molecule has 0 atom stereocenters. The van der Waals surface area contributed by atoms with Crippen LogP contribution < -0.4 is 15.0 Å². The first-order chi connectivity index (χ1) is 12.7. The number of nitro groups is 1. The van der Waals surface area contributed by atoms with Crippen LogP contribution in [-0.2, 0) is 10.2 Å². The molecule has 2 aromatic rings. The van der Waals surface area contributed by atoms with Gasteiger partial charge in [0.05, 0.1) is 23.1 Å². The molecule has 2 aromatic carbocycles. The number of benzene rings is 2. The molecule has 8 heteroatoms. The van der Waals surface area contributed by atoms with Crippen molar-refractivity contribution in [2.45, 2.75) is 19.3 Å². The van der Waals surface area contributed by atoms with Crippen LogP contribution in [0.2, 0.25) is 0 Å². The van der Waals surface area contributed by atoms with Crippen LogP contribution in [0.15, 0.2) is 36.4 Å². The molecule has 8 nitrogen and oxygen atoms in total. The zero-order chi connectivity index (χ0) is 19.9. The second-order valence-electron chi connectivity index (χ2n) is 6.82. The van der Waals surface area contributed by atoms with Crippen LogP contribution in [-0.4, -0.2) is 30.9 Å². The fourth-order valence-corrected chi connectivity index (χ4v) is 3.19. The van der Waals surface area contributed by atoms with Gasteiger partial charge in [0, 0.05) is 18.7 Å². The van der Waals surface area contributed by atoms with Crippen molar-refractivity contribution < 1.29 is 19.2 Å². The minimum absolute atomic E-state index is 0.0516. The van der Waals surface area contributed by atoms with E-state index in [2.05, 4.69) is 5.32 Å². The molecule has 3 rings (SSSR count). The van der Waals surface area contributed by atoms with Crippen molar-refractivity contribution in [2.75, 3.05) is 24.4 Å². The van der Waals surface area contributed by atoms with Gasteiger partial charge >= 0.3 is 0 Å². The van der Waals surface area contributed by atoms with Gasteiger partial charge in [0.25, 0.3) is 11.6 Å². The lowest BCUT2D eigenvalue weighted by atomic mass is 9.86. The number of amides is 2. The predicted molar refractivity (Wildman–Crippen MR) is 100 cm³/mol. The summed E-state index contributed by atoms with van der Waals surface area (Å²) in [5.74, 6) is -0.0556. The number of anilines is 2. The topological polar surface area (TPSA) is 102 Å². The van der Waals surface area contributed by atoms with Crippen LogP contribution in [0, 0.1) is 10.1 Å². The zero-order valence-corrected chi connectivity index (χ0v) is 15.4. The molecule has 0 aromatic heterocycles. The minimum atomic E-state index is -0.835. The molecule has 0 saturated heterocycles. The average Bonchev–Trinajstić information content (AvgIpc) is 2.81. The third-order valence-corrected chi connectivity index (χ3v) is 4.79. The van der Waals surface area contributed by atoms with Crippen LogP contribution >= 0.6 is 0 Å². The predicted octanol–water partition coefficient (Wildman–Crippen LogP) is 3.11. The second kappa shape index (κ2) is 6.39. The highest BCUT2D eigenvalue weighted by atomic mass is 16.6. The number of nitro benzene ring substituents is 1. The number of hydrogen-bond acceptors (Lipinski definition) is 5. The van der Waals surface area contributed by atoms with E-state index in [1.54, 1.807) is 45.2 Å². The monoisotopic (exact) mass is 369 g/mol. The van der Waals surface area contributed by atoms with Gasteiger partial charge in [-0.25, -0.2) is 0 Å². The van der Waals surface area contributed by atoms with Crippen molar-refractivity contribution in [3.63, 3.8) is 0 Å². The number of carbonyl (C=O) groups excluding carboxylic acids is 2. The van der Waals surface area contributed by atoms with Crippen molar-refractivity contribution >= 4 is 28.9 Å². The van der Waals surface area contributed by atoms with Gasteiger partial charge < -0.3 is 15.0 Å². The molecular weight excluding hydrogens is 350 g/mol. The van der Waals surface area contributed by atoms with E-state index >= 15 is 0 Å². The first-order valence-corrected chi connectivity index (χ1v) is 8.23. The van der Waals surface area contributed by atoms with Gasteiger partial charge in [-0.2, -0.15) is 0 Å². The van der Waals surface area contributed by atoms with Crippen molar-refractivity contribution in [1.82, 2.24) is 0 Å². The summed E-state index contributed by atoms with van der Waals surface area (Å²) < 4.78 is 5.05. The molecule has 2 amide bonds. The van der Waals surface area contributed by atoms with E-state index in [1.807, 2.05) is 0 Å². The van der Waals surface area contributed by atoms with Gasteiger partial charge in [-0.3, -0.25) is 19.7 Å². The summed E-state index contributed by atoms with van der Waals surface area (Å²) in [5, 5.41) is 14.1. The van der Waals surface area contributed by atoms with Crippen molar-refractivity contribution in [3.8, 4) is 5.75 Å². The summed E-state index contributed by atoms with van der Waals surface area (Å²) >= 11 is 0. The van der Waals surface area contributed by atoms with Gasteiger partial charge in [-0.1, -0.05) is 0 Å². The highest BCUT2D eigenvalue weighted by molar-refractivity contribution is 6.10. The van der Waals surface area contributed by atoms with E-state index in [0.29, 0.717) is 22.6 Å². The summed E-state index contributed by atoms with van der Waals surface area (Å²) in [6, 6.07) is 9.22. The minimum Gasteiger partial charge on any atom is -0.497 e. The van der Waals surface area contributed by atoms with Crippen molar-refractivity contribution in [3.05, 3.63) is 57.6 Å². The van der Waals surface area contributed by atoms with E-state index in [-0.39, 0.29) is 17.3 Å². The van der Waals surface area contributed by atoms with E-state index in [0.717, 1.165) is 0 Å². The number of nitrogens with one attached hydrogen (secondary N) is 1. The maximum atomic E-state index is 12.5. The molecule has 140 valence electrons. The summed E-state index contributed by atoms with van der Waals surface area (Å²) in [6.45, 7) is 3.50. The first-order valence-electron chi connectivity index (χ1n) is 8.23. The summed E-state index contributed by atoms with van der Waals surface area (Å²) in [4.78, 5) is 37.3. The Hall–Kier alpha value is -3.42. The van der Waals surface area contributed by atoms with E-state index in [9.17, 15) is 19.7 Å². The second-order valence-corrected chi connectivity index (χ2v) is 6.82. The smallest absolute Gasteiger partial charge is 0.294 e. The number of nitrogens with zero attached hydrogens (tertiary/aromatic N) is 2. The molecule has 1 aliphatic rings. The van der Waals surface area contributed by atoms with Gasteiger partial charge in [0.15, 0.2) is 0 Å². The van der Waals surface area contributed by atoms with Crippen molar-refractivity contribution in [2.24, 2.45) is 0 Å². The molecule has 0 unspecified atom stereocenters. The Bertz CT molecular complexity index is 951. The lowest BCUT2D eigenvalue weighted by Gasteiger charge is -2.17. The zero-order valence-electron chi connectivity index (χ0n) is 15.4. The number of hydrogen-bond donors (Lipinski definition) is 1. The molecule has 1 heterocycles. The Labute approximate surface area is 155 Å². The number of carbonyl (C=O) groups is 2. The van der Waals surface area contributed by atoms with E-state index in [4.69, 9.17) is 4.74 Å². The quantitative estimate of drug-likeness (QED) is 0.659. The number of methoxy groups -OCH3 is 1. The maximum absolute atomic E-state index is 12.5. The van der Waals surface area contributed by atoms with E-state index in [1.165, 1.54) is 24.1 Å². The average molecular weight is 369 g/mol. The maximum Gasteiger partial charge on any atom is 0.294 e. The van der Waals surface area contributed by atoms with Crippen LogP contribution in [0.5, 0.6) is 5.75 Å². The third-order valence-electron chi connectivity index (χ3n) is 4.79. The number of likely N-dealkylation sites (N-methyl/N-ethyl adjacent to an activating group) is 1. The molecule has 1 N–H and O–H groups in total. The lowest BCUT2D eigenvalue weighted by molar-refractivity contribution is -0.383. The molecule has 0 spiro atoms. The largest absolute Gasteiger partial charge is 0.497 e. The molecule has 0 saturated carbocycles. The molecule has 0 aliphatic carbocycles. The Morgan fingerprint density at radius 3 is 2.41 bits per heavy atom. The van der Waals surface area contributed by atoms with Crippen LogP contribution in [0.3, 0.4) is 0 Å². The lowest BCUT2D eigenvalue weighted by Crippen LogP contribution is -2.33. The molecule has 27 heavy (non-hydrogen) atoms. The fourth-order valence-electron chi connectivity index (χ4n) is 3.19. The van der Waals surface area contributed by atoms with E-state index < -0.39 is 16.2 Å². The molecule has 0 bridgehead atoms. The number of rotatable bonds is 4. The highest BCUT2D eigenvalue weighted by Gasteiger charge is 2.43.